The summed E-state index contributed by atoms with van der Waals surface area (Å²) >= 11 is 0. The number of hydrogen-bond acceptors (Lipinski definition) is 3. The van der Waals surface area contributed by atoms with Crippen molar-refractivity contribution < 1.29 is 4.79 Å². The standard InChI is InChI=1S/C21H22N4O/c1-17(20-11-5-6-13-23-20)25(16-18-8-3-2-4-9-18)21(26)24-15-19-10-7-12-22-14-19/h2-14,17H,15-16H2,1H3,(H,24,26)/t17-/m0/s1. The van der Waals surface area contributed by atoms with Gasteiger partial charge in [0, 0.05) is 31.7 Å². The van der Waals surface area contributed by atoms with Crippen LogP contribution in [0, 0.1) is 0 Å². The number of nitrogens with one attached hydrogen (secondary N) is 1. The number of aromatic nitrogens is 2. The average Bonchev–Trinajstić information content (AvgIpc) is 2.72. The molecule has 0 fully saturated rings. The summed E-state index contributed by atoms with van der Waals surface area (Å²) in [5.74, 6) is 0. The maximum atomic E-state index is 12.9. The normalized spacial score (nSPS) is 11.6. The first-order chi connectivity index (χ1) is 12.7. The van der Waals surface area contributed by atoms with E-state index in [9.17, 15) is 4.79 Å². The molecule has 0 radical (unpaired) electrons. The van der Waals surface area contributed by atoms with Gasteiger partial charge in [0.05, 0.1) is 11.7 Å². The molecule has 1 aromatic carbocycles. The van der Waals surface area contributed by atoms with Gasteiger partial charge in [0.2, 0.25) is 0 Å². The molecule has 3 rings (SSSR count). The molecule has 5 heteroatoms. The van der Waals surface area contributed by atoms with E-state index in [2.05, 4.69) is 15.3 Å². The maximum Gasteiger partial charge on any atom is 0.318 e. The van der Waals surface area contributed by atoms with Crippen molar-refractivity contribution in [2.45, 2.75) is 26.1 Å². The summed E-state index contributed by atoms with van der Waals surface area (Å²) in [4.78, 5) is 23.2. The lowest BCUT2D eigenvalue weighted by molar-refractivity contribution is 0.173. The van der Waals surface area contributed by atoms with Gasteiger partial charge in [-0.05, 0) is 36.2 Å². The molecule has 0 saturated heterocycles. The zero-order valence-electron chi connectivity index (χ0n) is 14.7. The molecule has 0 saturated carbocycles. The summed E-state index contributed by atoms with van der Waals surface area (Å²) in [6.07, 6.45) is 5.22. The van der Waals surface area contributed by atoms with Crippen LogP contribution >= 0.6 is 0 Å². The Kier molecular flexibility index (Phi) is 5.93. The number of benzene rings is 1. The Balaban J connectivity index is 1.76. The lowest BCUT2D eigenvalue weighted by atomic mass is 10.1. The first kappa shape index (κ1) is 17.6. The minimum absolute atomic E-state index is 0.129. The summed E-state index contributed by atoms with van der Waals surface area (Å²) in [5, 5.41) is 2.99. The Morgan fingerprint density at radius 2 is 1.77 bits per heavy atom. The molecule has 0 aliphatic rings. The number of hydrogen-bond donors (Lipinski definition) is 1. The molecule has 0 aliphatic heterocycles. The summed E-state index contributed by atoms with van der Waals surface area (Å²) in [6.45, 7) is 2.94. The third-order valence-corrected chi connectivity index (χ3v) is 4.21. The summed E-state index contributed by atoms with van der Waals surface area (Å²) < 4.78 is 0. The minimum Gasteiger partial charge on any atom is -0.334 e. The number of pyridine rings is 2. The number of carbonyl (C=O) groups excluding carboxylic acids is 1. The summed E-state index contributed by atoms with van der Waals surface area (Å²) in [7, 11) is 0. The molecule has 0 bridgehead atoms. The van der Waals surface area contributed by atoms with Gasteiger partial charge >= 0.3 is 6.03 Å². The minimum atomic E-state index is -0.148. The third kappa shape index (κ3) is 4.66. The van der Waals surface area contributed by atoms with E-state index in [4.69, 9.17) is 0 Å². The largest absolute Gasteiger partial charge is 0.334 e. The van der Waals surface area contributed by atoms with Crippen LogP contribution in [0.25, 0.3) is 0 Å². The van der Waals surface area contributed by atoms with Crippen molar-refractivity contribution in [2.75, 3.05) is 0 Å². The van der Waals surface area contributed by atoms with Crippen molar-refractivity contribution in [2.24, 2.45) is 0 Å². The number of nitrogens with zero attached hydrogens (tertiary/aromatic N) is 3. The zero-order valence-corrected chi connectivity index (χ0v) is 14.7. The van der Waals surface area contributed by atoms with E-state index < -0.39 is 0 Å². The van der Waals surface area contributed by atoms with E-state index >= 15 is 0 Å². The van der Waals surface area contributed by atoms with Crippen molar-refractivity contribution in [3.8, 4) is 0 Å². The van der Waals surface area contributed by atoms with Crippen LogP contribution in [-0.4, -0.2) is 20.9 Å². The highest BCUT2D eigenvalue weighted by molar-refractivity contribution is 5.74. The van der Waals surface area contributed by atoms with Crippen molar-refractivity contribution in [1.29, 1.82) is 0 Å². The van der Waals surface area contributed by atoms with Gasteiger partial charge in [-0.1, -0.05) is 42.5 Å². The highest BCUT2D eigenvalue weighted by Gasteiger charge is 2.22. The topological polar surface area (TPSA) is 58.1 Å². The van der Waals surface area contributed by atoms with Gasteiger partial charge < -0.3 is 10.2 Å². The lowest BCUT2D eigenvalue weighted by Gasteiger charge is -2.29. The quantitative estimate of drug-likeness (QED) is 0.735. The summed E-state index contributed by atoms with van der Waals surface area (Å²) in [6, 6.07) is 19.2. The molecule has 5 nitrogen and oxygen atoms in total. The highest BCUT2D eigenvalue weighted by atomic mass is 16.2. The fraction of sp³-hybridized carbons (Fsp3) is 0.190. The van der Waals surface area contributed by atoms with Crippen LogP contribution in [0.1, 0.15) is 29.8 Å². The Morgan fingerprint density at radius 1 is 1.00 bits per heavy atom. The van der Waals surface area contributed by atoms with Gasteiger partial charge in [0.25, 0.3) is 0 Å². The Morgan fingerprint density at radius 3 is 2.46 bits per heavy atom. The molecule has 1 N–H and O–H groups in total. The van der Waals surface area contributed by atoms with E-state index in [0.717, 1.165) is 16.8 Å². The monoisotopic (exact) mass is 346 g/mol. The molecule has 2 heterocycles. The van der Waals surface area contributed by atoms with E-state index in [1.807, 2.05) is 67.6 Å². The first-order valence-electron chi connectivity index (χ1n) is 8.62. The second-order valence-corrected chi connectivity index (χ2v) is 6.06. The van der Waals surface area contributed by atoms with Crippen LogP contribution in [-0.2, 0) is 13.1 Å². The molecular formula is C21H22N4O. The molecule has 3 aromatic rings. The van der Waals surface area contributed by atoms with Crippen molar-refractivity contribution in [1.82, 2.24) is 20.2 Å². The summed E-state index contributed by atoms with van der Waals surface area (Å²) in [5.41, 5.74) is 2.90. The Bertz CT molecular complexity index is 809. The Labute approximate surface area is 153 Å². The van der Waals surface area contributed by atoms with Crippen LogP contribution in [0.5, 0.6) is 0 Å². The lowest BCUT2D eigenvalue weighted by Crippen LogP contribution is -2.41. The fourth-order valence-corrected chi connectivity index (χ4v) is 2.73. The predicted octanol–water partition coefficient (Wildman–Crippen LogP) is 3.95. The molecule has 0 spiro atoms. The molecule has 2 aromatic heterocycles. The number of urea groups is 1. The number of amides is 2. The highest BCUT2D eigenvalue weighted by Crippen LogP contribution is 2.21. The number of carbonyl (C=O) groups is 1. The van der Waals surface area contributed by atoms with Crippen LogP contribution in [0.2, 0.25) is 0 Å². The smallest absolute Gasteiger partial charge is 0.318 e. The molecular weight excluding hydrogens is 324 g/mol. The fourth-order valence-electron chi connectivity index (χ4n) is 2.73. The van der Waals surface area contributed by atoms with E-state index in [1.54, 1.807) is 23.5 Å². The third-order valence-electron chi connectivity index (χ3n) is 4.21. The number of rotatable bonds is 6. The van der Waals surface area contributed by atoms with E-state index in [0.29, 0.717) is 13.1 Å². The average molecular weight is 346 g/mol. The van der Waals surface area contributed by atoms with Gasteiger partial charge in [0.15, 0.2) is 0 Å². The molecule has 2 amide bonds. The maximum absolute atomic E-state index is 12.9. The Hall–Kier alpha value is -3.21. The molecule has 1 atom stereocenters. The SMILES string of the molecule is C[C@@H](c1ccccn1)N(Cc1ccccc1)C(=O)NCc1cccnc1. The van der Waals surface area contributed by atoms with Gasteiger partial charge in [-0.2, -0.15) is 0 Å². The van der Waals surface area contributed by atoms with Gasteiger partial charge in [-0.3, -0.25) is 9.97 Å². The molecule has 132 valence electrons. The molecule has 26 heavy (non-hydrogen) atoms. The van der Waals surface area contributed by atoms with Gasteiger partial charge in [0.1, 0.15) is 0 Å². The van der Waals surface area contributed by atoms with E-state index in [1.165, 1.54) is 0 Å². The van der Waals surface area contributed by atoms with Crippen LogP contribution < -0.4 is 5.32 Å². The zero-order chi connectivity index (χ0) is 18.2. The van der Waals surface area contributed by atoms with Crippen LogP contribution in [0.15, 0.2) is 79.3 Å². The van der Waals surface area contributed by atoms with E-state index in [-0.39, 0.29) is 12.1 Å². The molecule has 0 unspecified atom stereocenters. The second-order valence-electron chi connectivity index (χ2n) is 6.06. The van der Waals surface area contributed by atoms with Crippen molar-refractivity contribution in [3.63, 3.8) is 0 Å². The van der Waals surface area contributed by atoms with Gasteiger partial charge in [-0.15, -0.1) is 0 Å². The van der Waals surface area contributed by atoms with Crippen LogP contribution in [0.3, 0.4) is 0 Å². The van der Waals surface area contributed by atoms with Gasteiger partial charge in [-0.25, -0.2) is 4.79 Å². The van der Waals surface area contributed by atoms with Crippen LogP contribution in [0.4, 0.5) is 4.79 Å². The van der Waals surface area contributed by atoms with Crippen molar-refractivity contribution in [3.05, 3.63) is 96.1 Å². The second kappa shape index (κ2) is 8.76. The van der Waals surface area contributed by atoms with Crippen molar-refractivity contribution >= 4 is 6.03 Å². The first-order valence-corrected chi connectivity index (χ1v) is 8.62. The predicted molar refractivity (Wildman–Crippen MR) is 101 cm³/mol. The molecule has 0 aliphatic carbocycles.